The lowest BCUT2D eigenvalue weighted by molar-refractivity contribution is 0.0531. The van der Waals surface area contributed by atoms with Crippen LogP contribution in [-0.2, 0) is 4.74 Å². The molecular weight excluding hydrogens is 402 g/mol. The van der Waals surface area contributed by atoms with Gasteiger partial charge in [0.2, 0.25) is 0 Å². The van der Waals surface area contributed by atoms with Gasteiger partial charge < -0.3 is 13.9 Å². The molecule has 0 spiro atoms. The Labute approximate surface area is 184 Å². The third-order valence-electron chi connectivity index (χ3n) is 5.73. The Kier molecular flexibility index (Phi) is 4.86. The van der Waals surface area contributed by atoms with E-state index in [0.29, 0.717) is 22.4 Å². The topological polar surface area (TPSA) is 57.0 Å². The van der Waals surface area contributed by atoms with E-state index in [1.54, 1.807) is 38.3 Å². The highest BCUT2D eigenvalue weighted by atomic mass is 16.5. The van der Waals surface area contributed by atoms with E-state index >= 15 is 0 Å². The molecule has 2 aromatic heterocycles. The Morgan fingerprint density at radius 3 is 2.31 bits per heavy atom. The number of hydrogen-bond acceptors (Lipinski definition) is 4. The number of esters is 1. The predicted molar refractivity (Wildman–Crippen MR) is 125 cm³/mol. The maximum atomic E-state index is 13.5. The summed E-state index contributed by atoms with van der Waals surface area (Å²) in [5, 5.41) is 2.42. The molecule has 0 saturated heterocycles. The highest BCUT2D eigenvalue weighted by Gasteiger charge is 2.24. The second-order valence-electron chi connectivity index (χ2n) is 7.47. The number of hydrogen-bond donors (Lipinski definition) is 0. The third-order valence-corrected chi connectivity index (χ3v) is 5.73. The summed E-state index contributed by atoms with van der Waals surface area (Å²) in [4.78, 5) is 26.5. The van der Waals surface area contributed by atoms with Crippen LogP contribution in [0.5, 0.6) is 5.75 Å². The maximum Gasteiger partial charge on any atom is 0.340 e. The average molecular weight is 423 g/mol. The molecule has 0 radical (unpaired) electrons. The molecule has 5 aromatic rings. The summed E-state index contributed by atoms with van der Waals surface area (Å²) >= 11 is 0. The van der Waals surface area contributed by atoms with Gasteiger partial charge in [-0.15, -0.1) is 0 Å². The number of rotatable bonds is 5. The molecule has 0 atom stereocenters. The van der Waals surface area contributed by atoms with E-state index in [1.807, 2.05) is 59.1 Å². The second-order valence-corrected chi connectivity index (χ2v) is 7.47. The number of benzene rings is 3. The van der Waals surface area contributed by atoms with Crippen LogP contribution in [0.4, 0.5) is 0 Å². The van der Waals surface area contributed by atoms with Gasteiger partial charge >= 0.3 is 5.97 Å². The number of fused-ring (bicyclic) bond motifs is 5. The van der Waals surface area contributed by atoms with Gasteiger partial charge in [0, 0.05) is 22.7 Å². The van der Waals surface area contributed by atoms with Crippen molar-refractivity contribution in [2.24, 2.45) is 0 Å². The summed E-state index contributed by atoms with van der Waals surface area (Å²) in [5.41, 5.74) is 3.21. The highest BCUT2D eigenvalue weighted by Crippen LogP contribution is 2.36. The van der Waals surface area contributed by atoms with Crippen LogP contribution in [0, 0.1) is 0 Å². The minimum Gasteiger partial charge on any atom is -0.497 e. The number of ketones is 1. The number of carbonyl (C=O) groups excluding carboxylic acids is 2. The van der Waals surface area contributed by atoms with Crippen molar-refractivity contribution in [3.05, 3.63) is 95.7 Å². The van der Waals surface area contributed by atoms with Crippen molar-refractivity contribution < 1.29 is 19.1 Å². The van der Waals surface area contributed by atoms with E-state index < -0.39 is 0 Å². The average Bonchev–Trinajstić information content (AvgIpc) is 3.18. The molecule has 5 rings (SSSR count). The van der Waals surface area contributed by atoms with E-state index in [-0.39, 0.29) is 18.4 Å². The summed E-state index contributed by atoms with van der Waals surface area (Å²) in [5.74, 6) is 0.235. The maximum absolute atomic E-state index is 13.5. The van der Waals surface area contributed by atoms with E-state index in [1.165, 1.54) is 0 Å². The largest absolute Gasteiger partial charge is 0.497 e. The fourth-order valence-electron chi connectivity index (χ4n) is 4.29. The van der Waals surface area contributed by atoms with Crippen molar-refractivity contribution in [3.8, 4) is 5.75 Å². The lowest BCUT2D eigenvalue weighted by Gasteiger charge is -2.10. The number of ether oxygens (including phenoxy) is 2. The van der Waals surface area contributed by atoms with Crippen LogP contribution in [0.1, 0.15) is 33.2 Å². The summed E-state index contributed by atoms with van der Waals surface area (Å²) in [6, 6.07) is 22.3. The molecule has 3 aromatic carbocycles. The first-order valence-electron chi connectivity index (χ1n) is 10.4. The van der Waals surface area contributed by atoms with Gasteiger partial charge in [0.15, 0.2) is 5.78 Å². The molecule has 0 aliphatic heterocycles. The minimum atomic E-state index is -0.370. The number of pyridine rings is 1. The molecule has 0 aliphatic carbocycles. The van der Waals surface area contributed by atoms with Gasteiger partial charge in [-0.3, -0.25) is 4.79 Å². The fourth-order valence-corrected chi connectivity index (χ4v) is 4.29. The molecule has 32 heavy (non-hydrogen) atoms. The van der Waals surface area contributed by atoms with Crippen LogP contribution in [0.25, 0.3) is 27.2 Å². The highest BCUT2D eigenvalue weighted by molar-refractivity contribution is 6.26. The molecule has 158 valence electrons. The summed E-state index contributed by atoms with van der Waals surface area (Å²) in [7, 11) is 1.59. The minimum absolute atomic E-state index is 0.0886. The number of carbonyl (C=O) groups is 2. The first kappa shape index (κ1) is 19.8. The lowest BCUT2D eigenvalue weighted by Crippen LogP contribution is -2.05. The fraction of sp³-hybridized carbons (Fsp3) is 0.111. The van der Waals surface area contributed by atoms with Crippen LogP contribution in [0.15, 0.2) is 79.0 Å². The SMILES string of the molecule is CCOC(=O)c1c2c3ccccc3c(C(=O)c3ccc(OC)cc3)cc2n2ccccc12. The first-order valence-corrected chi connectivity index (χ1v) is 10.4. The van der Waals surface area contributed by atoms with Crippen LogP contribution in [0.3, 0.4) is 0 Å². The van der Waals surface area contributed by atoms with Gasteiger partial charge in [0.1, 0.15) is 5.75 Å². The van der Waals surface area contributed by atoms with Crippen LogP contribution in [-0.4, -0.2) is 29.9 Å². The Balaban J connectivity index is 1.85. The van der Waals surface area contributed by atoms with E-state index in [9.17, 15) is 9.59 Å². The molecule has 0 bridgehead atoms. The molecule has 5 heteroatoms. The van der Waals surface area contributed by atoms with Crippen LogP contribution in [0.2, 0.25) is 0 Å². The van der Waals surface area contributed by atoms with Crippen LogP contribution >= 0.6 is 0 Å². The third kappa shape index (κ3) is 3.02. The monoisotopic (exact) mass is 423 g/mol. The zero-order valence-corrected chi connectivity index (χ0v) is 17.8. The number of nitrogens with zero attached hydrogens (tertiary/aromatic N) is 1. The normalized spacial score (nSPS) is 11.2. The van der Waals surface area contributed by atoms with E-state index in [2.05, 4.69) is 0 Å². The van der Waals surface area contributed by atoms with Crippen molar-refractivity contribution in [3.63, 3.8) is 0 Å². The van der Waals surface area contributed by atoms with Crippen molar-refractivity contribution in [2.75, 3.05) is 13.7 Å². The zero-order valence-electron chi connectivity index (χ0n) is 17.8. The Hall–Kier alpha value is -4.12. The standard InChI is InChI=1S/C27H21NO4/c1-3-32-27(30)25-22-10-6-7-15-28(22)23-16-21(19-8-4-5-9-20(19)24(23)25)26(29)17-11-13-18(31-2)14-12-17/h4-16H,3H2,1-2H3. The van der Waals surface area contributed by atoms with Gasteiger partial charge in [-0.2, -0.15) is 0 Å². The summed E-state index contributed by atoms with van der Waals surface area (Å²) < 4.78 is 12.5. The molecule has 0 N–H and O–H groups in total. The molecule has 5 nitrogen and oxygen atoms in total. The summed E-state index contributed by atoms with van der Waals surface area (Å²) in [6.45, 7) is 2.08. The van der Waals surface area contributed by atoms with Crippen molar-refractivity contribution in [1.82, 2.24) is 4.40 Å². The number of methoxy groups -OCH3 is 1. The Bertz CT molecular complexity index is 1500. The van der Waals surface area contributed by atoms with E-state index in [4.69, 9.17) is 9.47 Å². The van der Waals surface area contributed by atoms with Gasteiger partial charge in [-0.25, -0.2) is 4.79 Å². The number of aromatic nitrogens is 1. The van der Waals surface area contributed by atoms with Crippen molar-refractivity contribution in [1.29, 1.82) is 0 Å². The first-order chi connectivity index (χ1) is 15.6. The van der Waals surface area contributed by atoms with Crippen molar-refractivity contribution >= 4 is 38.9 Å². The lowest BCUT2D eigenvalue weighted by atomic mass is 9.94. The predicted octanol–water partition coefficient (Wildman–Crippen LogP) is 5.66. The van der Waals surface area contributed by atoms with Crippen LogP contribution < -0.4 is 4.74 Å². The van der Waals surface area contributed by atoms with E-state index in [0.717, 1.165) is 27.2 Å². The second kappa shape index (κ2) is 7.85. The molecular formula is C27H21NO4. The molecule has 0 fully saturated rings. The Morgan fingerprint density at radius 1 is 0.875 bits per heavy atom. The van der Waals surface area contributed by atoms with Gasteiger partial charge in [0.25, 0.3) is 0 Å². The molecule has 0 unspecified atom stereocenters. The van der Waals surface area contributed by atoms with Gasteiger partial charge in [-0.1, -0.05) is 30.3 Å². The molecule has 0 saturated carbocycles. The Morgan fingerprint density at radius 2 is 1.59 bits per heavy atom. The molecule has 2 heterocycles. The summed E-state index contributed by atoms with van der Waals surface area (Å²) in [6.07, 6.45) is 1.90. The van der Waals surface area contributed by atoms with Gasteiger partial charge in [0.05, 0.1) is 30.3 Å². The smallest absolute Gasteiger partial charge is 0.340 e. The van der Waals surface area contributed by atoms with Crippen molar-refractivity contribution in [2.45, 2.75) is 6.92 Å². The van der Waals surface area contributed by atoms with Gasteiger partial charge in [-0.05, 0) is 60.2 Å². The quantitative estimate of drug-likeness (QED) is 0.270. The molecule has 0 amide bonds. The molecule has 0 aliphatic rings. The zero-order chi connectivity index (χ0) is 22.2.